The standard InChI is InChI=1S/C13H16F4N2/c1-7(2)10-6-18-3-4-19(10)13-11(16)8(14)5-9(15)12(13)17/h5,7,10,18H,3-4,6H2,1-2H3. The normalized spacial score (nSPS) is 20.2. The van der Waals surface area contributed by atoms with Crippen molar-refractivity contribution in [2.24, 2.45) is 5.92 Å². The van der Waals surface area contributed by atoms with Crippen LogP contribution in [0.1, 0.15) is 13.8 Å². The first-order valence-corrected chi connectivity index (χ1v) is 6.23. The molecular weight excluding hydrogens is 260 g/mol. The van der Waals surface area contributed by atoms with Crippen molar-refractivity contribution in [3.8, 4) is 0 Å². The van der Waals surface area contributed by atoms with Gasteiger partial charge in [0, 0.05) is 31.7 Å². The number of anilines is 1. The summed E-state index contributed by atoms with van der Waals surface area (Å²) in [7, 11) is 0. The van der Waals surface area contributed by atoms with E-state index in [1.54, 1.807) is 0 Å². The molecule has 6 heteroatoms. The van der Waals surface area contributed by atoms with Crippen molar-refractivity contribution < 1.29 is 17.6 Å². The minimum absolute atomic E-state index is 0.0953. The minimum atomic E-state index is -1.37. The number of benzene rings is 1. The molecule has 0 bridgehead atoms. The summed E-state index contributed by atoms with van der Waals surface area (Å²) in [6.45, 7) is 5.14. The van der Waals surface area contributed by atoms with E-state index in [2.05, 4.69) is 5.32 Å². The van der Waals surface area contributed by atoms with Gasteiger partial charge in [0.1, 0.15) is 5.69 Å². The summed E-state index contributed by atoms with van der Waals surface area (Å²) in [6, 6.07) is 0.0275. The second-order valence-corrected chi connectivity index (χ2v) is 5.03. The molecule has 1 saturated heterocycles. The van der Waals surface area contributed by atoms with Crippen molar-refractivity contribution in [3.05, 3.63) is 29.3 Å². The molecule has 1 fully saturated rings. The molecule has 1 aromatic carbocycles. The van der Waals surface area contributed by atoms with Crippen LogP contribution in [0.3, 0.4) is 0 Å². The summed E-state index contributed by atoms with van der Waals surface area (Å²) >= 11 is 0. The first-order chi connectivity index (χ1) is 8.93. The number of piperazine rings is 1. The Morgan fingerprint density at radius 2 is 1.74 bits per heavy atom. The van der Waals surface area contributed by atoms with Gasteiger partial charge in [-0.2, -0.15) is 0 Å². The van der Waals surface area contributed by atoms with Crippen LogP contribution in [-0.2, 0) is 0 Å². The molecule has 0 radical (unpaired) electrons. The summed E-state index contributed by atoms with van der Waals surface area (Å²) in [5, 5.41) is 3.11. The van der Waals surface area contributed by atoms with Crippen LogP contribution < -0.4 is 10.2 Å². The second-order valence-electron chi connectivity index (χ2n) is 5.03. The largest absolute Gasteiger partial charge is 0.361 e. The zero-order valence-electron chi connectivity index (χ0n) is 10.8. The average molecular weight is 276 g/mol. The highest BCUT2D eigenvalue weighted by Crippen LogP contribution is 2.31. The molecule has 106 valence electrons. The highest BCUT2D eigenvalue weighted by molar-refractivity contribution is 5.51. The molecule has 0 aliphatic carbocycles. The lowest BCUT2D eigenvalue weighted by molar-refractivity contribution is 0.373. The number of nitrogens with one attached hydrogen (secondary N) is 1. The third-order valence-corrected chi connectivity index (χ3v) is 3.43. The van der Waals surface area contributed by atoms with Gasteiger partial charge in [-0.1, -0.05) is 13.8 Å². The SMILES string of the molecule is CC(C)C1CNCCN1c1c(F)c(F)cc(F)c1F. The summed E-state index contributed by atoms with van der Waals surface area (Å²) in [6.07, 6.45) is 0. The molecule has 1 aliphatic heterocycles. The van der Waals surface area contributed by atoms with Gasteiger partial charge in [-0.3, -0.25) is 0 Å². The van der Waals surface area contributed by atoms with Crippen LogP contribution in [0.15, 0.2) is 6.07 Å². The molecule has 1 heterocycles. The fourth-order valence-electron chi connectivity index (χ4n) is 2.41. The van der Waals surface area contributed by atoms with Crippen LogP contribution in [0.2, 0.25) is 0 Å². The molecule has 0 spiro atoms. The van der Waals surface area contributed by atoms with E-state index in [9.17, 15) is 17.6 Å². The second kappa shape index (κ2) is 5.36. The lowest BCUT2D eigenvalue weighted by atomic mass is 9.99. The Kier molecular flexibility index (Phi) is 3.99. The molecule has 1 aromatic rings. The third kappa shape index (κ3) is 2.54. The van der Waals surface area contributed by atoms with Crippen molar-refractivity contribution >= 4 is 5.69 Å². The third-order valence-electron chi connectivity index (χ3n) is 3.43. The van der Waals surface area contributed by atoms with Gasteiger partial charge in [-0.25, -0.2) is 17.6 Å². The predicted molar refractivity (Wildman–Crippen MR) is 65.1 cm³/mol. The molecule has 0 amide bonds. The molecule has 1 aliphatic rings. The fraction of sp³-hybridized carbons (Fsp3) is 0.538. The van der Waals surface area contributed by atoms with Crippen LogP contribution in [0.25, 0.3) is 0 Å². The highest BCUT2D eigenvalue weighted by Gasteiger charge is 2.31. The zero-order valence-corrected chi connectivity index (χ0v) is 10.8. The van der Waals surface area contributed by atoms with Crippen LogP contribution in [0, 0.1) is 29.2 Å². The maximum atomic E-state index is 13.8. The molecular formula is C13H16F4N2. The molecule has 0 aromatic heterocycles. The summed E-state index contributed by atoms with van der Waals surface area (Å²) in [5.41, 5.74) is -0.599. The van der Waals surface area contributed by atoms with E-state index >= 15 is 0 Å². The van der Waals surface area contributed by atoms with Crippen LogP contribution in [0.4, 0.5) is 23.2 Å². The Hall–Kier alpha value is -1.30. The van der Waals surface area contributed by atoms with E-state index in [-0.39, 0.29) is 18.0 Å². The number of halogens is 4. The number of nitrogens with zero attached hydrogens (tertiary/aromatic N) is 1. The van der Waals surface area contributed by atoms with Crippen LogP contribution in [-0.4, -0.2) is 25.7 Å². The van der Waals surface area contributed by atoms with Gasteiger partial charge in [0.05, 0.1) is 0 Å². The smallest absolute Gasteiger partial charge is 0.185 e. The van der Waals surface area contributed by atoms with E-state index in [1.165, 1.54) is 4.90 Å². The maximum absolute atomic E-state index is 13.8. The Bertz CT molecular complexity index is 450. The zero-order chi connectivity index (χ0) is 14.2. The molecule has 1 atom stereocenters. The van der Waals surface area contributed by atoms with Crippen molar-refractivity contribution in [2.45, 2.75) is 19.9 Å². The van der Waals surface area contributed by atoms with Crippen molar-refractivity contribution in [3.63, 3.8) is 0 Å². The molecule has 19 heavy (non-hydrogen) atoms. The average Bonchev–Trinajstić information content (AvgIpc) is 2.37. The van der Waals surface area contributed by atoms with Gasteiger partial charge in [0.15, 0.2) is 23.3 Å². The number of rotatable bonds is 2. The summed E-state index contributed by atoms with van der Waals surface area (Å²) < 4.78 is 54.2. The molecule has 1 N–H and O–H groups in total. The number of hydrogen-bond acceptors (Lipinski definition) is 2. The number of hydrogen-bond donors (Lipinski definition) is 1. The lowest BCUT2D eigenvalue weighted by Crippen LogP contribution is -2.54. The predicted octanol–water partition coefficient (Wildman–Crippen LogP) is 2.68. The fourth-order valence-corrected chi connectivity index (χ4v) is 2.41. The summed E-state index contributed by atoms with van der Waals surface area (Å²) in [5.74, 6) is -5.29. The van der Waals surface area contributed by atoms with E-state index in [0.29, 0.717) is 19.6 Å². The summed E-state index contributed by atoms with van der Waals surface area (Å²) in [4.78, 5) is 1.41. The van der Waals surface area contributed by atoms with Crippen molar-refractivity contribution in [2.75, 3.05) is 24.5 Å². The van der Waals surface area contributed by atoms with Crippen LogP contribution in [0.5, 0.6) is 0 Å². The Labute approximate surface area is 109 Å². The van der Waals surface area contributed by atoms with E-state index in [4.69, 9.17) is 0 Å². The quantitative estimate of drug-likeness (QED) is 0.660. The van der Waals surface area contributed by atoms with Gasteiger partial charge >= 0.3 is 0 Å². The first kappa shape index (κ1) is 14.1. The van der Waals surface area contributed by atoms with Gasteiger partial charge < -0.3 is 10.2 Å². The van der Waals surface area contributed by atoms with Crippen molar-refractivity contribution in [1.29, 1.82) is 0 Å². The van der Waals surface area contributed by atoms with E-state index in [0.717, 1.165) is 0 Å². The first-order valence-electron chi connectivity index (χ1n) is 6.23. The topological polar surface area (TPSA) is 15.3 Å². The Morgan fingerprint density at radius 1 is 1.16 bits per heavy atom. The van der Waals surface area contributed by atoms with Gasteiger partial charge in [-0.05, 0) is 5.92 Å². The molecule has 2 rings (SSSR count). The Balaban J connectivity index is 2.50. The van der Waals surface area contributed by atoms with Gasteiger partial charge in [0.2, 0.25) is 0 Å². The molecule has 0 saturated carbocycles. The monoisotopic (exact) mass is 276 g/mol. The Morgan fingerprint density at radius 3 is 2.26 bits per heavy atom. The minimum Gasteiger partial charge on any atom is -0.361 e. The maximum Gasteiger partial charge on any atom is 0.185 e. The van der Waals surface area contributed by atoms with Crippen molar-refractivity contribution in [1.82, 2.24) is 5.32 Å². The molecule has 1 unspecified atom stereocenters. The van der Waals surface area contributed by atoms with E-state index < -0.39 is 29.0 Å². The van der Waals surface area contributed by atoms with Gasteiger partial charge in [-0.15, -0.1) is 0 Å². The van der Waals surface area contributed by atoms with Crippen LogP contribution >= 0.6 is 0 Å². The lowest BCUT2D eigenvalue weighted by Gasteiger charge is -2.40. The van der Waals surface area contributed by atoms with Gasteiger partial charge in [0.25, 0.3) is 0 Å². The highest BCUT2D eigenvalue weighted by atomic mass is 19.2. The van der Waals surface area contributed by atoms with E-state index in [1.807, 2.05) is 13.8 Å². The molecule has 2 nitrogen and oxygen atoms in total.